The smallest absolute Gasteiger partial charge is 0.230 e. The molecule has 0 unspecified atom stereocenters. The Morgan fingerprint density at radius 1 is 1.50 bits per heavy atom. The monoisotopic (exact) mass is 295 g/mol. The SMILES string of the molecule is COc1cccc(CNC(=O)CSC(=N)N=C(N)N)c1. The summed E-state index contributed by atoms with van der Waals surface area (Å²) >= 11 is 0.955. The van der Waals surface area contributed by atoms with E-state index in [-0.39, 0.29) is 22.8 Å². The van der Waals surface area contributed by atoms with Gasteiger partial charge in [-0.15, -0.1) is 0 Å². The van der Waals surface area contributed by atoms with E-state index in [4.69, 9.17) is 21.6 Å². The average Bonchev–Trinajstić information content (AvgIpc) is 2.42. The molecular weight excluding hydrogens is 278 g/mol. The topological polar surface area (TPSA) is 127 Å². The molecule has 0 spiro atoms. The quantitative estimate of drug-likeness (QED) is 0.457. The van der Waals surface area contributed by atoms with Crippen molar-refractivity contribution in [2.24, 2.45) is 16.5 Å². The summed E-state index contributed by atoms with van der Waals surface area (Å²) in [7, 11) is 1.59. The number of carbonyl (C=O) groups excluding carboxylic acids is 1. The van der Waals surface area contributed by atoms with E-state index in [1.807, 2.05) is 24.3 Å². The van der Waals surface area contributed by atoms with Gasteiger partial charge in [-0.25, -0.2) is 0 Å². The number of aliphatic imine (C=N–C) groups is 1. The molecule has 8 heteroatoms. The van der Waals surface area contributed by atoms with Crippen LogP contribution in [0.4, 0.5) is 0 Å². The molecule has 0 atom stereocenters. The molecule has 0 fully saturated rings. The Bertz CT molecular complexity index is 514. The van der Waals surface area contributed by atoms with E-state index in [0.717, 1.165) is 23.1 Å². The van der Waals surface area contributed by atoms with Crippen LogP contribution < -0.4 is 21.5 Å². The molecule has 108 valence electrons. The summed E-state index contributed by atoms with van der Waals surface area (Å²) in [6, 6.07) is 7.41. The van der Waals surface area contributed by atoms with Gasteiger partial charge < -0.3 is 21.5 Å². The third-order valence-corrected chi connectivity index (χ3v) is 2.97. The van der Waals surface area contributed by atoms with Crippen molar-refractivity contribution in [1.82, 2.24) is 5.32 Å². The number of nitrogens with zero attached hydrogens (tertiary/aromatic N) is 1. The number of guanidine groups is 1. The molecule has 1 aromatic rings. The second-order valence-electron chi connectivity index (χ2n) is 3.76. The van der Waals surface area contributed by atoms with E-state index in [2.05, 4.69) is 10.3 Å². The molecule has 0 saturated heterocycles. The van der Waals surface area contributed by atoms with E-state index in [0.29, 0.717) is 6.54 Å². The molecule has 6 N–H and O–H groups in total. The predicted molar refractivity (Wildman–Crippen MR) is 80.8 cm³/mol. The summed E-state index contributed by atoms with van der Waals surface area (Å²) in [5.74, 6) is 0.424. The third kappa shape index (κ3) is 6.10. The van der Waals surface area contributed by atoms with Crippen LogP contribution in [0.15, 0.2) is 29.3 Å². The lowest BCUT2D eigenvalue weighted by Crippen LogP contribution is -2.26. The Hall–Kier alpha value is -2.22. The lowest BCUT2D eigenvalue weighted by atomic mass is 10.2. The van der Waals surface area contributed by atoms with Gasteiger partial charge in [-0.05, 0) is 17.7 Å². The number of carbonyl (C=O) groups is 1. The molecule has 1 amide bonds. The largest absolute Gasteiger partial charge is 0.497 e. The fourth-order valence-corrected chi connectivity index (χ4v) is 1.86. The summed E-state index contributed by atoms with van der Waals surface area (Å²) in [5.41, 5.74) is 11.2. The van der Waals surface area contributed by atoms with Crippen LogP contribution in [0.2, 0.25) is 0 Å². The van der Waals surface area contributed by atoms with E-state index >= 15 is 0 Å². The average molecular weight is 295 g/mol. The number of rotatable bonds is 5. The second-order valence-corrected chi connectivity index (χ2v) is 4.72. The maximum absolute atomic E-state index is 11.6. The Balaban J connectivity index is 2.36. The van der Waals surface area contributed by atoms with Gasteiger partial charge in [0, 0.05) is 6.54 Å². The van der Waals surface area contributed by atoms with Gasteiger partial charge in [0.2, 0.25) is 5.91 Å². The van der Waals surface area contributed by atoms with Gasteiger partial charge in [0.05, 0.1) is 12.9 Å². The number of amidine groups is 1. The highest BCUT2D eigenvalue weighted by Gasteiger charge is 2.05. The van der Waals surface area contributed by atoms with E-state index in [1.54, 1.807) is 7.11 Å². The Morgan fingerprint density at radius 3 is 2.90 bits per heavy atom. The van der Waals surface area contributed by atoms with Gasteiger partial charge in [-0.2, -0.15) is 4.99 Å². The van der Waals surface area contributed by atoms with Gasteiger partial charge in [0.25, 0.3) is 0 Å². The zero-order valence-corrected chi connectivity index (χ0v) is 11.9. The number of hydrogen-bond acceptors (Lipinski definition) is 4. The summed E-state index contributed by atoms with van der Waals surface area (Å²) in [6.07, 6.45) is 0. The van der Waals surface area contributed by atoms with Crippen molar-refractivity contribution in [3.63, 3.8) is 0 Å². The standard InChI is InChI=1S/C12H17N5O2S/c1-19-9-4-2-3-8(5-9)6-16-10(18)7-20-12(15)17-11(13)14/h2-5H,6-7H2,1H3,(H,16,18)(H5,13,14,15,17). The van der Waals surface area contributed by atoms with Crippen molar-refractivity contribution in [2.45, 2.75) is 6.54 Å². The maximum Gasteiger partial charge on any atom is 0.230 e. The van der Waals surface area contributed by atoms with Crippen LogP contribution in [0.3, 0.4) is 0 Å². The Morgan fingerprint density at radius 2 is 2.25 bits per heavy atom. The highest BCUT2D eigenvalue weighted by Crippen LogP contribution is 2.12. The van der Waals surface area contributed by atoms with Gasteiger partial charge in [0.1, 0.15) is 5.75 Å². The normalized spacial score (nSPS) is 9.65. The lowest BCUT2D eigenvalue weighted by molar-refractivity contribution is -0.118. The molecule has 20 heavy (non-hydrogen) atoms. The van der Waals surface area contributed by atoms with E-state index in [9.17, 15) is 4.79 Å². The van der Waals surface area contributed by atoms with E-state index in [1.165, 1.54) is 0 Å². The van der Waals surface area contributed by atoms with Crippen molar-refractivity contribution in [1.29, 1.82) is 5.41 Å². The van der Waals surface area contributed by atoms with Crippen molar-refractivity contribution in [3.8, 4) is 5.75 Å². The first-order valence-electron chi connectivity index (χ1n) is 5.72. The first kappa shape index (κ1) is 15.8. The first-order chi connectivity index (χ1) is 9.51. The number of nitrogens with two attached hydrogens (primary N) is 2. The minimum atomic E-state index is -0.201. The fourth-order valence-electron chi connectivity index (χ4n) is 1.32. The minimum Gasteiger partial charge on any atom is -0.497 e. The third-order valence-electron chi connectivity index (χ3n) is 2.19. The lowest BCUT2D eigenvalue weighted by Gasteiger charge is -2.06. The summed E-state index contributed by atoms with van der Waals surface area (Å²) in [4.78, 5) is 15.1. The first-order valence-corrected chi connectivity index (χ1v) is 6.70. The highest BCUT2D eigenvalue weighted by molar-refractivity contribution is 8.14. The number of ether oxygens (including phenoxy) is 1. The maximum atomic E-state index is 11.6. The number of methoxy groups -OCH3 is 1. The van der Waals surface area contributed by atoms with Crippen LogP contribution in [0.25, 0.3) is 0 Å². The van der Waals surface area contributed by atoms with Crippen LogP contribution in [-0.4, -0.2) is 29.9 Å². The Kier molecular flexibility index (Phi) is 6.38. The summed E-state index contributed by atoms with van der Waals surface area (Å²) in [5, 5.41) is 10.0. The van der Waals surface area contributed by atoms with Crippen molar-refractivity contribution >= 4 is 28.8 Å². The van der Waals surface area contributed by atoms with Crippen LogP contribution >= 0.6 is 11.8 Å². The molecule has 0 radical (unpaired) electrons. The van der Waals surface area contributed by atoms with Gasteiger partial charge >= 0.3 is 0 Å². The molecule has 7 nitrogen and oxygen atoms in total. The van der Waals surface area contributed by atoms with Crippen molar-refractivity contribution in [2.75, 3.05) is 12.9 Å². The summed E-state index contributed by atoms with van der Waals surface area (Å²) in [6.45, 7) is 0.395. The number of benzene rings is 1. The van der Waals surface area contributed by atoms with Crippen LogP contribution in [0.1, 0.15) is 5.56 Å². The van der Waals surface area contributed by atoms with Gasteiger partial charge in [0.15, 0.2) is 11.1 Å². The van der Waals surface area contributed by atoms with Gasteiger partial charge in [-0.1, -0.05) is 23.9 Å². The number of thioether (sulfide) groups is 1. The molecular formula is C12H17N5O2S. The zero-order chi connectivity index (χ0) is 15.0. The zero-order valence-electron chi connectivity index (χ0n) is 11.1. The van der Waals surface area contributed by atoms with Crippen molar-refractivity contribution in [3.05, 3.63) is 29.8 Å². The van der Waals surface area contributed by atoms with Crippen LogP contribution in [0, 0.1) is 5.41 Å². The molecule has 0 saturated carbocycles. The molecule has 0 heterocycles. The summed E-state index contributed by atoms with van der Waals surface area (Å²) < 4.78 is 5.09. The van der Waals surface area contributed by atoms with Crippen LogP contribution in [-0.2, 0) is 11.3 Å². The molecule has 0 aromatic heterocycles. The second kappa shape index (κ2) is 8.05. The highest BCUT2D eigenvalue weighted by atomic mass is 32.2. The fraction of sp³-hybridized carbons (Fsp3) is 0.250. The molecule has 0 aliphatic carbocycles. The Labute approximate surface area is 121 Å². The number of amides is 1. The van der Waals surface area contributed by atoms with Crippen LogP contribution in [0.5, 0.6) is 5.75 Å². The minimum absolute atomic E-state index is 0.0829. The van der Waals surface area contributed by atoms with Crippen molar-refractivity contribution < 1.29 is 9.53 Å². The van der Waals surface area contributed by atoms with Gasteiger partial charge in [-0.3, -0.25) is 10.2 Å². The number of hydrogen-bond donors (Lipinski definition) is 4. The molecule has 1 rings (SSSR count). The molecule has 0 bridgehead atoms. The predicted octanol–water partition coefficient (Wildman–Crippen LogP) is 0.253. The molecule has 0 aliphatic rings. The van der Waals surface area contributed by atoms with E-state index < -0.39 is 0 Å². The molecule has 1 aromatic carbocycles. The molecule has 0 aliphatic heterocycles. The number of nitrogens with one attached hydrogen (secondary N) is 2.